The van der Waals surface area contributed by atoms with Crippen LogP contribution in [-0.2, 0) is 11.2 Å². The van der Waals surface area contributed by atoms with Crippen molar-refractivity contribution in [3.8, 4) is 11.3 Å². The van der Waals surface area contributed by atoms with Crippen LogP contribution in [0.25, 0.3) is 11.3 Å². The highest BCUT2D eigenvalue weighted by Gasteiger charge is 2.26. The molecule has 29 heavy (non-hydrogen) atoms. The lowest BCUT2D eigenvalue weighted by molar-refractivity contribution is -0.135. The fourth-order valence-electron chi connectivity index (χ4n) is 3.82. The summed E-state index contributed by atoms with van der Waals surface area (Å²) in [6.45, 7) is 3.87. The van der Waals surface area contributed by atoms with Crippen LogP contribution < -0.4 is 5.32 Å². The average Bonchev–Trinajstić information content (AvgIpc) is 3.16. The Labute approximate surface area is 178 Å². The highest BCUT2D eigenvalue weighted by molar-refractivity contribution is 5.85. The fraction of sp³-hybridized carbons (Fsp3) is 0.545. The van der Waals surface area contributed by atoms with Gasteiger partial charge in [-0.05, 0) is 51.3 Å². The molecule has 0 radical (unpaired) electrons. The number of piperidine rings is 1. The van der Waals surface area contributed by atoms with Gasteiger partial charge in [-0.3, -0.25) is 4.79 Å². The molecular formula is C22H31ClFN3O2. The Balaban J connectivity index is 0.00000300. The lowest BCUT2D eigenvalue weighted by Crippen LogP contribution is -2.43. The van der Waals surface area contributed by atoms with Crippen molar-refractivity contribution in [1.82, 2.24) is 15.4 Å². The van der Waals surface area contributed by atoms with Crippen molar-refractivity contribution in [2.75, 3.05) is 20.1 Å². The Hall–Kier alpha value is -1.92. The first-order valence-corrected chi connectivity index (χ1v) is 10.2. The first-order valence-electron chi connectivity index (χ1n) is 10.2. The quantitative estimate of drug-likeness (QED) is 0.637. The third-order valence-electron chi connectivity index (χ3n) is 5.45. The topological polar surface area (TPSA) is 58.4 Å². The number of carbonyl (C=O) groups excluding carboxylic acids is 1. The maximum Gasteiger partial charge on any atom is 0.225 e. The fourth-order valence-corrected chi connectivity index (χ4v) is 3.82. The lowest BCUT2D eigenvalue weighted by Gasteiger charge is -2.30. The number of aryl methyl sites for hydroxylation is 1. The van der Waals surface area contributed by atoms with Gasteiger partial charge in [0.15, 0.2) is 0 Å². The van der Waals surface area contributed by atoms with E-state index in [1.807, 2.05) is 24.1 Å². The molecule has 160 valence electrons. The third-order valence-corrected chi connectivity index (χ3v) is 5.45. The number of nitrogens with one attached hydrogen (secondary N) is 1. The van der Waals surface area contributed by atoms with Crippen molar-refractivity contribution >= 4 is 18.3 Å². The van der Waals surface area contributed by atoms with E-state index in [2.05, 4.69) is 17.4 Å². The zero-order valence-corrected chi connectivity index (χ0v) is 18.0. The van der Waals surface area contributed by atoms with Crippen molar-refractivity contribution in [3.05, 3.63) is 41.9 Å². The number of carbonyl (C=O) groups is 1. The summed E-state index contributed by atoms with van der Waals surface area (Å²) in [5, 5.41) is 7.43. The number of nitrogens with zero attached hydrogens (tertiary/aromatic N) is 2. The summed E-state index contributed by atoms with van der Waals surface area (Å²) in [7, 11) is 1.91. The largest absolute Gasteiger partial charge is 0.361 e. The molecule has 0 unspecified atom stereocenters. The minimum Gasteiger partial charge on any atom is -0.361 e. The van der Waals surface area contributed by atoms with E-state index in [0.29, 0.717) is 11.7 Å². The minimum atomic E-state index is -0.278. The molecule has 1 fully saturated rings. The van der Waals surface area contributed by atoms with Crippen molar-refractivity contribution in [1.29, 1.82) is 0 Å². The van der Waals surface area contributed by atoms with E-state index < -0.39 is 0 Å². The standard InChI is InChI=1S/C22H30FN3O2.ClH/c1-16-13-18(10-11-24-16)22(27)26(2)12-5-3-4-9-20-15-21(25-28-20)17-7-6-8-19(23)14-17;/h6-8,14-16,18,24H,3-5,9-13H2,1-2H3;1H/t16-,18-;/m0./s1. The molecule has 1 saturated heterocycles. The summed E-state index contributed by atoms with van der Waals surface area (Å²) in [5.41, 5.74) is 1.39. The minimum absolute atomic E-state index is 0. The van der Waals surface area contributed by atoms with Gasteiger partial charge in [-0.25, -0.2) is 4.39 Å². The SMILES string of the molecule is C[C@H]1C[C@@H](C(=O)N(C)CCCCCc2cc(-c3cccc(F)c3)no2)CCN1.Cl. The van der Waals surface area contributed by atoms with Crippen LogP contribution in [0.2, 0.25) is 0 Å². The molecule has 1 aliphatic heterocycles. The highest BCUT2D eigenvalue weighted by atomic mass is 35.5. The Kier molecular flexibility index (Phi) is 9.11. The van der Waals surface area contributed by atoms with E-state index in [9.17, 15) is 9.18 Å². The third kappa shape index (κ3) is 6.82. The van der Waals surface area contributed by atoms with Crippen LogP contribution >= 0.6 is 12.4 Å². The van der Waals surface area contributed by atoms with Crippen LogP contribution in [0.4, 0.5) is 4.39 Å². The maximum absolute atomic E-state index is 13.3. The van der Waals surface area contributed by atoms with Crippen molar-refractivity contribution in [3.63, 3.8) is 0 Å². The van der Waals surface area contributed by atoms with E-state index in [4.69, 9.17) is 4.52 Å². The molecule has 2 atom stereocenters. The predicted molar refractivity (Wildman–Crippen MR) is 115 cm³/mol. The molecule has 7 heteroatoms. The molecule has 1 N–H and O–H groups in total. The van der Waals surface area contributed by atoms with Gasteiger partial charge in [0.05, 0.1) is 0 Å². The molecule has 1 amide bonds. The molecule has 5 nitrogen and oxygen atoms in total. The van der Waals surface area contributed by atoms with E-state index in [1.54, 1.807) is 6.07 Å². The Morgan fingerprint density at radius 1 is 1.31 bits per heavy atom. The van der Waals surface area contributed by atoms with E-state index in [-0.39, 0.29) is 30.0 Å². The summed E-state index contributed by atoms with van der Waals surface area (Å²) >= 11 is 0. The number of rotatable bonds is 8. The molecule has 1 aromatic heterocycles. The molecule has 3 rings (SSSR count). The normalized spacial score (nSPS) is 18.9. The molecule has 0 aliphatic carbocycles. The Morgan fingerprint density at radius 3 is 2.90 bits per heavy atom. The van der Waals surface area contributed by atoms with Gasteiger partial charge in [0.2, 0.25) is 5.91 Å². The number of aromatic nitrogens is 1. The summed E-state index contributed by atoms with van der Waals surface area (Å²) in [4.78, 5) is 14.4. The molecule has 0 bridgehead atoms. The Morgan fingerprint density at radius 2 is 2.14 bits per heavy atom. The monoisotopic (exact) mass is 423 g/mol. The molecular weight excluding hydrogens is 393 g/mol. The second-order valence-corrected chi connectivity index (χ2v) is 7.84. The van der Waals surface area contributed by atoms with Gasteiger partial charge in [-0.2, -0.15) is 0 Å². The van der Waals surface area contributed by atoms with Crippen molar-refractivity contribution in [2.24, 2.45) is 5.92 Å². The van der Waals surface area contributed by atoms with Gasteiger partial charge in [0.25, 0.3) is 0 Å². The van der Waals surface area contributed by atoms with Gasteiger partial charge in [-0.1, -0.05) is 23.7 Å². The summed E-state index contributed by atoms with van der Waals surface area (Å²) in [5.74, 6) is 0.979. The van der Waals surface area contributed by atoms with Gasteiger partial charge in [0, 0.05) is 43.6 Å². The van der Waals surface area contributed by atoms with E-state index in [0.717, 1.165) is 62.9 Å². The van der Waals surface area contributed by atoms with Crippen LogP contribution in [0, 0.1) is 11.7 Å². The highest BCUT2D eigenvalue weighted by Crippen LogP contribution is 2.21. The van der Waals surface area contributed by atoms with Crippen molar-refractivity contribution in [2.45, 2.75) is 51.5 Å². The van der Waals surface area contributed by atoms with Crippen LogP contribution in [0.3, 0.4) is 0 Å². The molecule has 2 aromatic rings. The molecule has 0 spiro atoms. The summed E-state index contributed by atoms with van der Waals surface area (Å²) in [6, 6.07) is 8.66. The van der Waals surface area contributed by atoms with Gasteiger partial charge in [-0.15, -0.1) is 12.4 Å². The van der Waals surface area contributed by atoms with Crippen LogP contribution in [0.1, 0.15) is 44.8 Å². The zero-order chi connectivity index (χ0) is 19.9. The molecule has 1 aliphatic rings. The summed E-state index contributed by atoms with van der Waals surface area (Å²) in [6.07, 6.45) is 5.65. The van der Waals surface area contributed by atoms with Gasteiger partial charge < -0.3 is 14.7 Å². The Bertz CT molecular complexity index is 783. The maximum atomic E-state index is 13.3. The smallest absolute Gasteiger partial charge is 0.225 e. The van der Waals surface area contributed by atoms with Gasteiger partial charge in [0.1, 0.15) is 17.3 Å². The number of amides is 1. The first-order chi connectivity index (χ1) is 13.5. The summed E-state index contributed by atoms with van der Waals surface area (Å²) < 4.78 is 18.7. The number of hydrogen-bond acceptors (Lipinski definition) is 4. The number of halogens is 2. The van der Waals surface area contributed by atoms with Crippen LogP contribution in [0.15, 0.2) is 34.9 Å². The second kappa shape index (κ2) is 11.3. The van der Waals surface area contributed by atoms with Crippen LogP contribution in [0.5, 0.6) is 0 Å². The van der Waals surface area contributed by atoms with Crippen LogP contribution in [-0.4, -0.2) is 42.1 Å². The predicted octanol–water partition coefficient (Wildman–Crippen LogP) is 4.46. The molecule has 1 aromatic carbocycles. The number of benzene rings is 1. The lowest BCUT2D eigenvalue weighted by atomic mass is 9.92. The zero-order valence-electron chi connectivity index (χ0n) is 17.2. The first kappa shape index (κ1) is 23.4. The van der Waals surface area contributed by atoms with Crippen molar-refractivity contribution < 1.29 is 13.7 Å². The molecule has 0 saturated carbocycles. The number of unbranched alkanes of at least 4 members (excludes halogenated alkanes) is 2. The second-order valence-electron chi connectivity index (χ2n) is 7.84. The van der Waals surface area contributed by atoms with E-state index >= 15 is 0 Å². The molecule has 2 heterocycles. The average molecular weight is 424 g/mol. The number of hydrogen-bond donors (Lipinski definition) is 1. The van der Waals surface area contributed by atoms with Gasteiger partial charge >= 0.3 is 0 Å². The van der Waals surface area contributed by atoms with E-state index in [1.165, 1.54) is 12.1 Å².